The SMILES string of the molecule is CCc1ccc(O)c2sc(F)cc12. The minimum Gasteiger partial charge on any atom is -0.506 e. The Bertz CT molecular complexity index is 447. The summed E-state index contributed by atoms with van der Waals surface area (Å²) in [6.45, 7) is 2.02. The Morgan fingerprint density at radius 1 is 1.46 bits per heavy atom. The molecule has 1 aromatic heterocycles. The Balaban J connectivity index is 2.83. The molecule has 3 heteroatoms. The van der Waals surface area contributed by atoms with Gasteiger partial charge in [-0.1, -0.05) is 13.0 Å². The first kappa shape index (κ1) is 8.51. The maximum absolute atomic E-state index is 12.9. The number of rotatable bonds is 1. The lowest BCUT2D eigenvalue weighted by Crippen LogP contribution is -1.79. The summed E-state index contributed by atoms with van der Waals surface area (Å²) >= 11 is 0.992. The molecule has 0 bridgehead atoms. The number of benzene rings is 1. The van der Waals surface area contributed by atoms with Gasteiger partial charge in [0.2, 0.25) is 0 Å². The van der Waals surface area contributed by atoms with Crippen LogP contribution in [0, 0.1) is 5.13 Å². The molecule has 0 fully saturated rings. The van der Waals surface area contributed by atoms with Crippen LogP contribution in [0.4, 0.5) is 4.39 Å². The highest BCUT2D eigenvalue weighted by molar-refractivity contribution is 7.17. The Kier molecular flexibility index (Phi) is 1.96. The van der Waals surface area contributed by atoms with E-state index in [4.69, 9.17) is 0 Å². The van der Waals surface area contributed by atoms with Gasteiger partial charge in [-0.3, -0.25) is 0 Å². The number of aromatic hydroxyl groups is 1. The standard InChI is InChI=1S/C10H9FOS/c1-2-6-3-4-8(12)10-7(6)5-9(11)13-10/h3-5,12H,2H2,1H3. The van der Waals surface area contributed by atoms with Crippen molar-refractivity contribution in [3.05, 3.63) is 28.9 Å². The summed E-state index contributed by atoms with van der Waals surface area (Å²) in [5.74, 6) is 0.168. The lowest BCUT2D eigenvalue weighted by Gasteiger charge is -1.99. The molecule has 0 saturated carbocycles. The van der Waals surface area contributed by atoms with E-state index in [9.17, 15) is 9.50 Å². The van der Waals surface area contributed by atoms with E-state index in [0.29, 0.717) is 4.70 Å². The number of thiophene rings is 1. The minimum atomic E-state index is -0.244. The van der Waals surface area contributed by atoms with E-state index in [1.54, 1.807) is 6.07 Å². The minimum absolute atomic E-state index is 0.168. The Labute approximate surface area is 79.4 Å². The molecule has 0 unspecified atom stereocenters. The van der Waals surface area contributed by atoms with Crippen molar-refractivity contribution in [1.29, 1.82) is 0 Å². The molecule has 0 saturated heterocycles. The molecular formula is C10H9FOS. The average molecular weight is 196 g/mol. The zero-order valence-corrected chi connectivity index (χ0v) is 7.99. The van der Waals surface area contributed by atoms with Crippen molar-refractivity contribution >= 4 is 21.4 Å². The third-order valence-corrected chi connectivity index (χ3v) is 3.05. The van der Waals surface area contributed by atoms with E-state index < -0.39 is 0 Å². The molecule has 0 atom stereocenters. The van der Waals surface area contributed by atoms with Gasteiger partial charge in [0.15, 0.2) is 5.13 Å². The molecule has 0 radical (unpaired) electrons. The van der Waals surface area contributed by atoms with Gasteiger partial charge in [0, 0.05) is 5.39 Å². The second-order valence-electron chi connectivity index (χ2n) is 2.89. The molecular weight excluding hydrogens is 187 g/mol. The predicted octanol–water partition coefficient (Wildman–Crippen LogP) is 3.31. The van der Waals surface area contributed by atoms with Gasteiger partial charge >= 0.3 is 0 Å². The number of aryl methyl sites for hydroxylation is 1. The summed E-state index contributed by atoms with van der Waals surface area (Å²) in [7, 11) is 0. The topological polar surface area (TPSA) is 20.2 Å². The molecule has 0 amide bonds. The maximum Gasteiger partial charge on any atom is 0.177 e. The van der Waals surface area contributed by atoms with Crippen LogP contribution < -0.4 is 0 Å². The van der Waals surface area contributed by atoms with Crippen LogP contribution in [0.15, 0.2) is 18.2 Å². The van der Waals surface area contributed by atoms with Gasteiger partial charge in [0.05, 0.1) is 4.70 Å². The highest BCUT2D eigenvalue weighted by atomic mass is 32.1. The number of phenols is 1. The van der Waals surface area contributed by atoms with Crippen molar-refractivity contribution in [2.75, 3.05) is 0 Å². The first-order chi connectivity index (χ1) is 6.22. The zero-order chi connectivity index (χ0) is 9.42. The third-order valence-electron chi connectivity index (χ3n) is 2.10. The quantitative estimate of drug-likeness (QED) is 0.741. The fourth-order valence-electron chi connectivity index (χ4n) is 1.44. The molecule has 0 spiro atoms. The third kappa shape index (κ3) is 1.29. The molecule has 13 heavy (non-hydrogen) atoms. The smallest absolute Gasteiger partial charge is 0.177 e. The van der Waals surface area contributed by atoms with Gasteiger partial charge < -0.3 is 5.11 Å². The van der Waals surface area contributed by atoms with Crippen LogP contribution in [-0.4, -0.2) is 5.11 Å². The predicted molar refractivity (Wildman–Crippen MR) is 52.8 cm³/mol. The lowest BCUT2D eigenvalue weighted by molar-refractivity contribution is 0.482. The van der Waals surface area contributed by atoms with Crippen LogP contribution in [0.2, 0.25) is 0 Å². The number of fused-ring (bicyclic) bond motifs is 1. The molecule has 0 aliphatic rings. The van der Waals surface area contributed by atoms with E-state index in [1.165, 1.54) is 6.07 Å². The summed E-state index contributed by atoms with van der Waals surface area (Å²) in [5, 5.41) is 10.0. The van der Waals surface area contributed by atoms with Gasteiger partial charge in [-0.2, -0.15) is 4.39 Å². The normalized spacial score (nSPS) is 10.9. The van der Waals surface area contributed by atoms with Gasteiger partial charge in [-0.15, -0.1) is 11.3 Å². The summed E-state index contributed by atoms with van der Waals surface area (Å²) in [5.41, 5.74) is 1.08. The van der Waals surface area contributed by atoms with Crippen LogP contribution in [0.1, 0.15) is 12.5 Å². The summed E-state index contributed by atoms with van der Waals surface area (Å²) in [6, 6.07) is 4.94. The lowest BCUT2D eigenvalue weighted by atomic mass is 10.1. The second-order valence-corrected chi connectivity index (χ2v) is 3.89. The van der Waals surface area contributed by atoms with Gasteiger partial charge in [-0.05, 0) is 24.1 Å². The van der Waals surface area contributed by atoms with Crippen molar-refractivity contribution in [3.63, 3.8) is 0 Å². The molecule has 0 aliphatic heterocycles. The van der Waals surface area contributed by atoms with E-state index in [1.807, 2.05) is 13.0 Å². The van der Waals surface area contributed by atoms with Gasteiger partial charge in [-0.25, -0.2) is 0 Å². The van der Waals surface area contributed by atoms with Crippen LogP contribution in [0.25, 0.3) is 10.1 Å². The first-order valence-corrected chi connectivity index (χ1v) is 4.94. The molecule has 1 N–H and O–H groups in total. The van der Waals surface area contributed by atoms with Crippen molar-refractivity contribution < 1.29 is 9.50 Å². The molecule has 68 valence electrons. The largest absolute Gasteiger partial charge is 0.506 e. The molecule has 1 aromatic carbocycles. The van der Waals surface area contributed by atoms with Crippen LogP contribution in [0.5, 0.6) is 5.75 Å². The maximum atomic E-state index is 12.9. The fraction of sp³-hybridized carbons (Fsp3) is 0.200. The van der Waals surface area contributed by atoms with Crippen LogP contribution in [-0.2, 0) is 6.42 Å². The second kappa shape index (κ2) is 3.00. The van der Waals surface area contributed by atoms with Crippen molar-refractivity contribution in [1.82, 2.24) is 0 Å². The van der Waals surface area contributed by atoms with Crippen molar-refractivity contribution in [2.24, 2.45) is 0 Å². The highest BCUT2D eigenvalue weighted by Crippen LogP contribution is 2.34. The molecule has 2 aromatic rings. The average Bonchev–Trinajstić information content (AvgIpc) is 2.48. The Hall–Kier alpha value is -1.09. The zero-order valence-electron chi connectivity index (χ0n) is 7.17. The van der Waals surface area contributed by atoms with Gasteiger partial charge in [0.1, 0.15) is 5.75 Å². The fourth-order valence-corrected chi connectivity index (χ4v) is 2.29. The van der Waals surface area contributed by atoms with E-state index >= 15 is 0 Å². The number of phenolic OH excluding ortho intramolecular Hbond substituents is 1. The summed E-state index contributed by atoms with van der Waals surface area (Å²) in [6.07, 6.45) is 0.854. The number of hydrogen-bond acceptors (Lipinski definition) is 2. The van der Waals surface area contributed by atoms with E-state index in [0.717, 1.165) is 28.7 Å². The Morgan fingerprint density at radius 3 is 2.92 bits per heavy atom. The highest BCUT2D eigenvalue weighted by Gasteiger charge is 2.08. The first-order valence-electron chi connectivity index (χ1n) is 4.12. The van der Waals surface area contributed by atoms with Gasteiger partial charge in [0.25, 0.3) is 0 Å². The van der Waals surface area contributed by atoms with E-state index in [-0.39, 0.29) is 10.9 Å². The monoisotopic (exact) mass is 196 g/mol. The summed E-state index contributed by atoms with van der Waals surface area (Å²) < 4.78 is 13.6. The van der Waals surface area contributed by atoms with Crippen LogP contribution >= 0.6 is 11.3 Å². The van der Waals surface area contributed by atoms with Crippen molar-refractivity contribution in [2.45, 2.75) is 13.3 Å². The van der Waals surface area contributed by atoms with E-state index in [2.05, 4.69) is 0 Å². The van der Waals surface area contributed by atoms with Crippen LogP contribution in [0.3, 0.4) is 0 Å². The molecule has 1 heterocycles. The van der Waals surface area contributed by atoms with Crippen molar-refractivity contribution in [3.8, 4) is 5.75 Å². The number of halogens is 1. The number of hydrogen-bond donors (Lipinski definition) is 1. The summed E-state index contributed by atoms with van der Waals surface area (Å²) in [4.78, 5) is 0. The molecule has 1 nitrogen and oxygen atoms in total. The Morgan fingerprint density at radius 2 is 2.23 bits per heavy atom. The molecule has 2 rings (SSSR count). The molecule has 0 aliphatic carbocycles.